The Bertz CT molecular complexity index is 1140. The van der Waals surface area contributed by atoms with Crippen LogP contribution < -0.4 is 4.74 Å². The molecule has 0 N–H and O–H groups in total. The van der Waals surface area contributed by atoms with E-state index in [1.54, 1.807) is 0 Å². The largest absolute Gasteiger partial charge is 0.494 e. The maximum absolute atomic E-state index is 6.05. The molecule has 1 aliphatic rings. The quantitative estimate of drug-likeness (QED) is 0.272. The van der Waals surface area contributed by atoms with Crippen LogP contribution >= 0.6 is 0 Å². The molecule has 3 nitrogen and oxygen atoms in total. The Kier molecular flexibility index (Phi) is 7.08. The number of benzene rings is 2. The van der Waals surface area contributed by atoms with Gasteiger partial charge in [-0.3, -0.25) is 0 Å². The third-order valence-corrected chi connectivity index (χ3v) is 6.80. The van der Waals surface area contributed by atoms with Crippen LogP contribution in [0.1, 0.15) is 36.8 Å². The van der Waals surface area contributed by atoms with Crippen molar-refractivity contribution in [3.63, 3.8) is 0 Å². The van der Waals surface area contributed by atoms with Gasteiger partial charge >= 0.3 is 0 Å². The predicted octanol–water partition coefficient (Wildman–Crippen LogP) is 6.65. The van der Waals surface area contributed by atoms with E-state index in [0.717, 1.165) is 38.2 Å². The van der Waals surface area contributed by atoms with Crippen molar-refractivity contribution in [2.24, 2.45) is 0 Å². The molecule has 0 atom stereocenters. The first kappa shape index (κ1) is 21.8. The summed E-state index contributed by atoms with van der Waals surface area (Å²) in [6, 6.07) is 25.9. The van der Waals surface area contributed by atoms with E-state index in [2.05, 4.69) is 94.5 Å². The zero-order chi connectivity index (χ0) is 22.3. The normalized spacial score (nSPS) is 14.5. The minimum absolute atomic E-state index is 0.786. The molecule has 0 bridgehead atoms. The van der Waals surface area contributed by atoms with Crippen LogP contribution in [0.3, 0.4) is 0 Å². The van der Waals surface area contributed by atoms with E-state index < -0.39 is 0 Å². The maximum Gasteiger partial charge on any atom is 0.119 e. The summed E-state index contributed by atoms with van der Waals surface area (Å²) >= 11 is 0. The van der Waals surface area contributed by atoms with E-state index in [1.165, 1.54) is 60.1 Å². The summed E-state index contributed by atoms with van der Waals surface area (Å²) in [6.07, 6.45) is 11.7. The summed E-state index contributed by atoms with van der Waals surface area (Å²) in [5.74, 6) is 0.965. The molecule has 4 aromatic rings. The average molecular weight is 439 g/mol. The number of hydrogen-bond donors (Lipinski definition) is 0. The molecule has 170 valence electrons. The summed E-state index contributed by atoms with van der Waals surface area (Å²) in [5, 5.41) is 0. The number of hydrogen-bond acceptors (Lipinski definition) is 2. The van der Waals surface area contributed by atoms with Crippen molar-refractivity contribution < 1.29 is 4.74 Å². The number of pyridine rings is 1. The number of rotatable bonds is 9. The predicted molar refractivity (Wildman–Crippen MR) is 137 cm³/mol. The molecule has 1 aliphatic heterocycles. The van der Waals surface area contributed by atoms with Gasteiger partial charge in [-0.05, 0) is 86.1 Å². The van der Waals surface area contributed by atoms with Crippen LogP contribution in [0.25, 0.3) is 16.6 Å². The van der Waals surface area contributed by atoms with Gasteiger partial charge in [0.25, 0.3) is 0 Å². The van der Waals surface area contributed by atoms with Crippen molar-refractivity contribution in [1.82, 2.24) is 9.30 Å². The SMILES string of the molecule is c1ccc(CCc2c(-c3ccc(OCCCN4CCCCC4)cc3)cn3ccccc23)cc1. The fraction of sp³-hybridized carbons (Fsp3) is 0.333. The second kappa shape index (κ2) is 10.7. The van der Waals surface area contributed by atoms with E-state index in [0.29, 0.717) is 0 Å². The molecule has 5 rings (SSSR count). The number of aryl methyl sites for hydroxylation is 2. The van der Waals surface area contributed by atoms with Crippen molar-refractivity contribution in [2.45, 2.75) is 38.5 Å². The fourth-order valence-corrected chi connectivity index (χ4v) is 5.00. The molecule has 1 saturated heterocycles. The zero-order valence-electron chi connectivity index (χ0n) is 19.5. The molecule has 0 aliphatic carbocycles. The monoisotopic (exact) mass is 438 g/mol. The fourth-order valence-electron chi connectivity index (χ4n) is 5.00. The standard InChI is InChI=1S/C30H34N2O/c1-3-10-25(11-4-1)13-18-28-29(24-32-22-8-5-12-30(28)32)26-14-16-27(17-15-26)33-23-9-21-31-19-6-2-7-20-31/h1,3-5,8,10-12,14-17,22,24H,2,6-7,9,13,18-21,23H2. The van der Waals surface area contributed by atoms with Gasteiger partial charge in [-0.2, -0.15) is 0 Å². The molecule has 0 saturated carbocycles. The van der Waals surface area contributed by atoms with Crippen LogP contribution in [-0.4, -0.2) is 35.5 Å². The number of ether oxygens (including phenoxy) is 1. The molecule has 3 heterocycles. The van der Waals surface area contributed by atoms with Gasteiger partial charge in [0, 0.05) is 30.0 Å². The van der Waals surface area contributed by atoms with E-state index in [-0.39, 0.29) is 0 Å². The van der Waals surface area contributed by atoms with Crippen LogP contribution in [-0.2, 0) is 12.8 Å². The molecule has 3 heteroatoms. The van der Waals surface area contributed by atoms with Gasteiger partial charge in [0.05, 0.1) is 6.61 Å². The number of aromatic nitrogens is 1. The summed E-state index contributed by atoms with van der Waals surface area (Å²) < 4.78 is 8.30. The molecule has 1 fully saturated rings. The topological polar surface area (TPSA) is 16.9 Å². The lowest BCUT2D eigenvalue weighted by Crippen LogP contribution is -2.31. The Morgan fingerprint density at radius 2 is 1.55 bits per heavy atom. The van der Waals surface area contributed by atoms with Crippen LogP contribution in [0.2, 0.25) is 0 Å². The van der Waals surface area contributed by atoms with Crippen molar-refractivity contribution >= 4 is 5.52 Å². The Morgan fingerprint density at radius 3 is 2.36 bits per heavy atom. The summed E-state index contributed by atoms with van der Waals surface area (Å²) in [4.78, 5) is 2.57. The maximum atomic E-state index is 6.05. The van der Waals surface area contributed by atoms with E-state index >= 15 is 0 Å². The van der Waals surface area contributed by atoms with E-state index in [9.17, 15) is 0 Å². The number of likely N-dealkylation sites (tertiary alicyclic amines) is 1. The minimum atomic E-state index is 0.786. The summed E-state index contributed by atoms with van der Waals surface area (Å²) in [5.41, 5.74) is 6.65. The number of fused-ring (bicyclic) bond motifs is 1. The first-order valence-corrected chi connectivity index (χ1v) is 12.4. The Labute approximate surface area is 197 Å². The molecular weight excluding hydrogens is 404 g/mol. The van der Waals surface area contributed by atoms with Gasteiger partial charge < -0.3 is 14.0 Å². The molecule has 33 heavy (non-hydrogen) atoms. The summed E-state index contributed by atoms with van der Waals surface area (Å²) in [7, 11) is 0. The van der Waals surface area contributed by atoms with Gasteiger partial charge in [-0.15, -0.1) is 0 Å². The van der Waals surface area contributed by atoms with Gasteiger partial charge in [-0.25, -0.2) is 0 Å². The smallest absolute Gasteiger partial charge is 0.119 e. The van der Waals surface area contributed by atoms with E-state index in [1.807, 2.05) is 0 Å². The Morgan fingerprint density at radius 1 is 0.758 bits per heavy atom. The lowest BCUT2D eigenvalue weighted by Gasteiger charge is -2.26. The van der Waals surface area contributed by atoms with Gasteiger partial charge in [-0.1, -0.05) is 55.0 Å². The first-order chi connectivity index (χ1) is 16.4. The van der Waals surface area contributed by atoms with Crippen LogP contribution in [0, 0.1) is 0 Å². The minimum Gasteiger partial charge on any atom is -0.494 e. The average Bonchev–Trinajstić information content (AvgIpc) is 3.25. The molecule has 2 aromatic carbocycles. The lowest BCUT2D eigenvalue weighted by molar-refractivity contribution is 0.205. The van der Waals surface area contributed by atoms with Crippen LogP contribution in [0.4, 0.5) is 0 Å². The lowest BCUT2D eigenvalue weighted by atomic mass is 9.98. The van der Waals surface area contributed by atoms with Gasteiger partial charge in [0.15, 0.2) is 0 Å². The molecule has 2 aromatic heterocycles. The number of piperidine rings is 1. The molecule has 0 amide bonds. The first-order valence-electron chi connectivity index (χ1n) is 12.4. The second-order valence-electron chi connectivity index (χ2n) is 9.13. The van der Waals surface area contributed by atoms with Crippen molar-refractivity contribution in [3.05, 3.63) is 96.3 Å². The molecule has 0 radical (unpaired) electrons. The highest BCUT2D eigenvalue weighted by Crippen LogP contribution is 2.31. The third kappa shape index (κ3) is 5.48. The van der Waals surface area contributed by atoms with Crippen molar-refractivity contribution in [1.29, 1.82) is 0 Å². The molecular formula is C30H34N2O. The highest BCUT2D eigenvalue weighted by molar-refractivity contribution is 5.77. The van der Waals surface area contributed by atoms with Crippen molar-refractivity contribution in [3.8, 4) is 16.9 Å². The summed E-state index contributed by atoms with van der Waals surface area (Å²) in [6.45, 7) is 4.45. The Hall–Kier alpha value is -3.04. The molecule has 0 unspecified atom stereocenters. The zero-order valence-corrected chi connectivity index (χ0v) is 19.5. The van der Waals surface area contributed by atoms with Gasteiger partial charge in [0.2, 0.25) is 0 Å². The van der Waals surface area contributed by atoms with Crippen molar-refractivity contribution in [2.75, 3.05) is 26.2 Å². The van der Waals surface area contributed by atoms with E-state index in [4.69, 9.17) is 4.74 Å². The van der Waals surface area contributed by atoms with Gasteiger partial charge in [0.1, 0.15) is 5.75 Å². The number of nitrogens with zero attached hydrogens (tertiary/aromatic N) is 2. The highest BCUT2D eigenvalue weighted by Gasteiger charge is 2.13. The molecule has 0 spiro atoms. The second-order valence-corrected chi connectivity index (χ2v) is 9.13. The van der Waals surface area contributed by atoms with Crippen LogP contribution in [0.5, 0.6) is 5.75 Å². The Balaban J connectivity index is 1.26. The van der Waals surface area contributed by atoms with Crippen LogP contribution in [0.15, 0.2) is 85.2 Å². The third-order valence-electron chi connectivity index (χ3n) is 6.80. The highest BCUT2D eigenvalue weighted by atomic mass is 16.5.